The van der Waals surface area contributed by atoms with E-state index < -0.39 is 0 Å². The minimum Gasteiger partial charge on any atom is -0.399 e. The number of benzene rings is 2. The van der Waals surface area contributed by atoms with E-state index in [1.807, 2.05) is 48.5 Å². The third kappa shape index (κ3) is 2.40. The molecular formula is C14H17N3. The van der Waals surface area contributed by atoms with Crippen molar-refractivity contribution >= 4 is 17.1 Å². The lowest BCUT2D eigenvalue weighted by Crippen LogP contribution is -2.24. The SMILES string of the molecule is CCc1cc(N(N)c2ccccc2)ccc1N. The van der Waals surface area contributed by atoms with Crippen LogP contribution >= 0.6 is 0 Å². The van der Waals surface area contributed by atoms with Gasteiger partial charge >= 0.3 is 0 Å². The average molecular weight is 227 g/mol. The van der Waals surface area contributed by atoms with Gasteiger partial charge in [0.25, 0.3) is 0 Å². The molecular weight excluding hydrogens is 210 g/mol. The number of hydrazine groups is 1. The molecule has 0 saturated carbocycles. The van der Waals surface area contributed by atoms with E-state index in [9.17, 15) is 0 Å². The molecule has 0 saturated heterocycles. The lowest BCUT2D eigenvalue weighted by Gasteiger charge is -2.20. The number of aryl methyl sites for hydroxylation is 1. The van der Waals surface area contributed by atoms with Crippen molar-refractivity contribution in [1.29, 1.82) is 0 Å². The zero-order valence-corrected chi connectivity index (χ0v) is 9.93. The normalized spacial score (nSPS) is 10.2. The van der Waals surface area contributed by atoms with Gasteiger partial charge in [-0.25, -0.2) is 5.84 Å². The second-order valence-corrected chi connectivity index (χ2v) is 3.94. The molecule has 4 N–H and O–H groups in total. The molecule has 0 fully saturated rings. The third-order valence-electron chi connectivity index (χ3n) is 2.82. The molecule has 3 nitrogen and oxygen atoms in total. The summed E-state index contributed by atoms with van der Waals surface area (Å²) in [6.45, 7) is 2.08. The topological polar surface area (TPSA) is 55.3 Å². The molecule has 0 atom stereocenters. The maximum Gasteiger partial charge on any atom is 0.0579 e. The summed E-state index contributed by atoms with van der Waals surface area (Å²) in [7, 11) is 0. The monoisotopic (exact) mass is 227 g/mol. The maximum absolute atomic E-state index is 6.08. The Labute approximate surface area is 102 Å². The number of nitrogens with two attached hydrogens (primary N) is 2. The predicted molar refractivity (Wildman–Crippen MR) is 73.0 cm³/mol. The van der Waals surface area contributed by atoms with Crippen molar-refractivity contribution in [3.8, 4) is 0 Å². The Morgan fingerprint density at radius 2 is 1.71 bits per heavy atom. The Balaban J connectivity index is 2.34. The summed E-state index contributed by atoms with van der Waals surface area (Å²) in [5.74, 6) is 6.08. The predicted octanol–water partition coefficient (Wildman–Crippen LogP) is 2.84. The van der Waals surface area contributed by atoms with Gasteiger partial charge in [-0.3, -0.25) is 5.01 Å². The van der Waals surface area contributed by atoms with E-state index in [4.69, 9.17) is 11.6 Å². The summed E-state index contributed by atoms with van der Waals surface area (Å²) in [6.07, 6.45) is 0.905. The second kappa shape index (κ2) is 4.89. The molecule has 0 radical (unpaired) electrons. The summed E-state index contributed by atoms with van der Waals surface area (Å²) >= 11 is 0. The van der Waals surface area contributed by atoms with Gasteiger partial charge in [-0.15, -0.1) is 0 Å². The van der Waals surface area contributed by atoms with E-state index in [0.29, 0.717) is 0 Å². The molecule has 0 aliphatic heterocycles. The zero-order chi connectivity index (χ0) is 12.3. The number of para-hydroxylation sites is 1. The number of hydrogen-bond acceptors (Lipinski definition) is 3. The van der Waals surface area contributed by atoms with Crippen molar-refractivity contribution < 1.29 is 0 Å². The Morgan fingerprint density at radius 3 is 2.35 bits per heavy atom. The zero-order valence-electron chi connectivity index (χ0n) is 9.93. The fourth-order valence-electron chi connectivity index (χ4n) is 1.79. The summed E-state index contributed by atoms with van der Waals surface area (Å²) in [5.41, 5.74) is 9.72. The minimum absolute atomic E-state index is 0.817. The first-order valence-corrected chi connectivity index (χ1v) is 5.70. The lowest BCUT2D eigenvalue weighted by atomic mass is 10.1. The highest BCUT2D eigenvalue weighted by molar-refractivity contribution is 5.65. The standard InChI is InChI=1S/C14H17N3/c1-2-11-10-13(8-9-14(11)15)17(16)12-6-4-3-5-7-12/h3-10H,2,15-16H2,1H3. The molecule has 88 valence electrons. The second-order valence-electron chi connectivity index (χ2n) is 3.94. The summed E-state index contributed by atoms with van der Waals surface area (Å²) < 4.78 is 0. The molecule has 0 spiro atoms. The number of nitrogen functional groups attached to an aromatic ring is 1. The van der Waals surface area contributed by atoms with Gasteiger partial charge in [0.1, 0.15) is 0 Å². The smallest absolute Gasteiger partial charge is 0.0579 e. The molecule has 0 heterocycles. The largest absolute Gasteiger partial charge is 0.399 e. The quantitative estimate of drug-likeness (QED) is 0.481. The average Bonchev–Trinajstić information content (AvgIpc) is 2.39. The number of nitrogens with zero attached hydrogens (tertiary/aromatic N) is 1. The van der Waals surface area contributed by atoms with E-state index in [1.54, 1.807) is 5.01 Å². The van der Waals surface area contributed by atoms with Crippen LogP contribution in [0.1, 0.15) is 12.5 Å². The third-order valence-corrected chi connectivity index (χ3v) is 2.82. The van der Waals surface area contributed by atoms with Gasteiger partial charge in [0.15, 0.2) is 0 Å². The number of hydrogen-bond donors (Lipinski definition) is 2. The van der Waals surface area contributed by atoms with Crippen LogP contribution in [0.5, 0.6) is 0 Å². The van der Waals surface area contributed by atoms with E-state index in [1.165, 1.54) is 0 Å². The first-order valence-electron chi connectivity index (χ1n) is 5.70. The van der Waals surface area contributed by atoms with Crippen LogP contribution in [0.4, 0.5) is 17.1 Å². The maximum atomic E-state index is 6.08. The molecule has 0 aliphatic rings. The van der Waals surface area contributed by atoms with Crippen LogP contribution in [0, 0.1) is 0 Å². The van der Waals surface area contributed by atoms with E-state index >= 15 is 0 Å². The minimum atomic E-state index is 0.817. The van der Waals surface area contributed by atoms with Crippen molar-refractivity contribution in [2.45, 2.75) is 13.3 Å². The molecule has 3 heteroatoms. The van der Waals surface area contributed by atoms with Crippen LogP contribution in [0.2, 0.25) is 0 Å². The first-order chi connectivity index (χ1) is 8.22. The first kappa shape index (κ1) is 11.5. The van der Waals surface area contributed by atoms with Crippen molar-refractivity contribution in [1.82, 2.24) is 0 Å². The molecule has 2 rings (SSSR count). The highest BCUT2D eigenvalue weighted by Gasteiger charge is 2.06. The Morgan fingerprint density at radius 1 is 1.00 bits per heavy atom. The summed E-state index contributed by atoms with van der Waals surface area (Å²) in [4.78, 5) is 0. The van der Waals surface area contributed by atoms with Gasteiger partial charge in [0.2, 0.25) is 0 Å². The van der Waals surface area contributed by atoms with Crippen LogP contribution < -0.4 is 16.6 Å². The Kier molecular flexibility index (Phi) is 3.30. The van der Waals surface area contributed by atoms with E-state index in [0.717, 1.165) is 29.0 Å². The van der Waals surface area contributed by atoms with Gasteiger partial charge in [0.05, 0.1) is 11.4 Å². The van der Waals surface area contributed by atoms with Crippen LogP contribution in [-0.4, -0.2) is 0 Å². The molecule has 2 aromatic rings. The Bertz CT molecular complexity index is 494. The molecule has 0 aromatic heterocycles. The van der Waals surface area contributed by atoms with Gasteiger partial charge in [-0.05, 0) is 42.3 Å². The highest BCUT2D eigenvalue weighted by atomic mass is 15.4. The Hall–Kier alpha value is -2.00. The lowest BCUT2D eigenvalue weighted by molar-refractivity contribution is 1.07. The van der Waals surface area contributed by atoms with Crippen LogP contribution in [0.15, 0.2) is 48.5 Å². The van der Waals surface area contributed by atoms with Crippen molar-refractivity contribution in [3.05, 3.63) is 54.1 Å². The van der Waals surface area contributed by atoms with Gasteiger partial charge in [-0.2, -0.15) is 0 Å². The van der Waals surface area contributed by atoms with E-state index in [2.05, 4.69) is 6.92 Å². The van der Waals surface area contributed by atoms with Crippen LogP contribution in [0.25, 0.3) is 0 Å². The van der Waals surface area contributed by atoms with Gasteiger partial charge < -0.3 is 5.73 Å². The van der Waals surface area contributed by atoms with Crippen molar-refractivity contribution in [2.24, 2.45) is 5.84 Å². The van der Waals surface area contributed by atoms with Crippen LogP contribution in [-0.2, 0) is 6.42 Å². The summed E-state index contributed by atoms with van der Waals surface area (Å²) in [5, 5.41) is 1.67. The fraction of sp³-hybridized carbons (Fsp3) is 0.143. The molecule has 0 unspecified atom stereocenters. The van der Waals surface area contributed by atoms with Crippen molar-refractivity contribution in [2.75, 3.05) is 10.7 Å². The van der Waals surface area contributed by atoms with Gasteiger partial charge in [0, 0.05) is 5.69 Å². The number of anilines is 3. The van der Waals surface area contributed by atoms with E-state index in [-0.39, 0.29) is 0 Å². The highest BCUT2D eigenvalue weighted by Crippen LogP contribution is 2.25. The molecule has 17 heavy (non-hydrogen) atoms. The van der Waals surface area contributed by atoms with Gasteiger partial charge in [-0.1, -0.05) is 25.1 Å². The molecule has 0 amide bonds. The van der Waals surface area contributed by atoms with Crippen molar-refractivity contribution in [3.63, 3.8) is 0 Å². The molecule has 2 aromatic carbocycles. The molecule has 0 bridgehead atoms. The molecule has 0 aliphatic carbocycles. The summed E-state index contributed by atoms with van der Waals surface area (Å²) in [6, 6.07) is 15.7. The fourth-order valence-corrected chi connectivity index (χ4v) is 1.79. The number of rotatable bonds is 3. The van der Waals surface area contributed by atoms with Crippen LogP contribution in [0.3, 0.4) is 0 Å².